The van der Waals surface area contributed by atoms with E-state index in [1.807, 2.05) is 6.07 Å². The lowest BCUT2D eigenvalue weighted by molar-refractivity contribution is -0.116. The predicted octanol–water partition coefficient (Wildman–Crippen LogP) is 2.10. The van der Waals surface area contributed by atoms with Crippen LogP contribution in [0.15, 0.2) is 18.2 Å². The topological polar surface area (TPSA) is 55.1 Å². The molecule has 3 heteroatoms. The summed E-state index contributed by atoms with van der Waals surface area (Å²) in [5.41, 5.74) is 9.30. The molecule has 3 nitrogen and oxygen atoms in total. The second-order valence-electron chi connectivity index (χ2n) is 4.75. The molecule has 1 amide bonds. The zero-order chi connectivity index (χ0) is 12.3. The molecule has 0 radical (unpaired) electrons. The zero-order valence-electron chi connectivity index (χ0n) is 10.3. The van der Waals surface area contributed by atoms with Crippen LogP contribution in [-0.2, 0) is 17.6 Å². The molecular weight excluding hydrogens is 212 g/mol. The van der Waals surface area contributed by atoms with Gasteiger partial charge in [-0.05, 0) is 42.5 Å². The smallest absolute Gasteiger partial charge is 0.224 e. The highest BCUT2D eigenvalue weighted by atomic mass is 16.1. The molecule has 1 aliphatic heterocycles. The Hall–Kier alpha value is -1.35. The first-order chi connectivity index (χ1) is 8.22. The van der Waals surface area contributed by atoms with Crippen molar-refractivity contribution >= 4 is 11.6 Å². The van der Waals surface area contributed by atoms with Crippen LogP contribution in [0.1, 0.15) is 30.9 Å². The Morgan fingerprint density at radius 1 is 1.41 bits per heavy atom. The average molecular weight is 232 g/mol. The van der Waals surface area contributed by atoms with Crippen molar-refractivity contribution < 1.29 is 4.79 Å². The summed E-state index contributed by atoms with van der Waals surface area (Å²) >= 11 is 0. The minimum absolute atomic E-state index is 0.124. The van der Waals surface area contributed by atoms with E-state index in [4.69, 9.17) is 5.73 Å². The summed E-state index contributed by atoms with van der Waals surface area (Å²) in [6, 6.07) is 6.33. The standard InChI is InChI=1S/C14H20N2O/c1-2-10(9-15)7-11-3-5-13-12(8-11)4-6-14(17)16-13/h3,5,8,10H,2,4,6-7,9,15H2,1H3,(H,16,17). The van der Waals surface area contributed by atoms with Crippen LogP contribution in [0.5, 0.6) is 0 Å². The van der Waals surface area contributed by atoms with E-state index in [-0.39, 0.29) is 5.91 Å². The van der Waals surface area contributed by atoms with Gasteiger partial charge in [-0.3, -0.25) is 4.79 Å². The van der Waals surface area contributed by atoms with Gasteiger partial charge in [0.1, 0.15) is 0 Å². The molecule has 0 aliphatic carbocycles. The van der Waals surface area contributed by atoms with Crippen LogP contribution in [0.4, 0.5) is 5.69 Å². The highest BCUT2D eigenvalue weighted by Gasteiger charge is 2.15. The average Bonchev–Trinajstić information content (AvgIpc) is 2.36. The number of rotatable bonds is 4. The molecule has 1 aliphatic rings. The second kappa shape index (κ2) is 5.32. The largest absolute Gasteiger partial charge is 0.330 e. The number of carbonyl (C=O) groups is 1. The number of amides is 1. The molecule has 3 N–H and O–H groups in total. The number of aryl methyl sites for hydroxylation is 1. The predicted molar refractivity (Wildman–Crippen MR) is 69.9 cm³/mol. The maximum absolute atomic E-state index is 11.3. The van der Waals surface area contributed by atoms with Gasteiger partial charge in [-0.15, -0.1) is 0 Å². The van der Waals surface area contributed by atoms with E-state index in [2.05, 4.69) is 24.4 Å². The molecule has 1 atom stereocenters. The van der Waals surface area contributed by atoms with Crippen molar-refractivity contribution in [2.45, 2.75) is 32.6 Å². The SMILES string of the molecule is CCC(CN)Cc1ccc2c(c1)CCC(=O)N2. The van der Waals surface area contributed by atoms with Gasteiger partial charge in [0.25, 0.3) is 0 Å². The molecule has 92 valence electrons. The van der Waals surface area contributed by atoms with E-state index in [0.717, 1.165) is 31.5 Å². The monoisotopic (exact) mass is 232 g/mol. The Labute approximate surface area is 102 Å². The molecule has 0 fully saturated rings. The first-order valence-corrected chi connectivity index (χ1v) is 6.34. The van der Waals surface area contributed by atoms with Crippen LogP contribution in [0.3, 0.4) is 0 Å². The van der Waals surface area contributed by atoms with Crippen molar-refractivity contribution in [1.29, 1.82) is 0 Å². The molecule has 17 heavy (non-hydrogen) atoms. The Morgan fingerprint density at radius 3 is 2.94 bits per heavy atom. The molecule has 0 spiro atoms. The highest BCUT2D eigenvalue weighted by molar-refractivity contribution is 5.93. The number of carbonyl (C=O) groups excluding carboxylic acids is 1. The highest BCUT2D eigenvalue weighted by Crippen LogP contribution is 2.24. The Kier molecular flexibility index (Phi) is 3.79. The van der Waals surface area contributed by atoms with Gasteiger partial charge in [0.15, 0.2) is 0 Å². The summed E-state index contributed by atoms with van der Waals surface area (Å²) in [5, 5.41) is 2.90. The summed E-state index contributed by atoms with van der Waals surface area (Å²) in [5.74, 6) is 0.685. The molecule has 1 aromatic carbocycles. The zero-order valence-corrected chi connectivity index (χ0v) is 10.3. The number of nitrogens with one attached hydrogen (secondary N) is 1. The molecule has 1 aromatic rings. The molecule has 0 aromatic heterocycles. The molecule has 1 unspecified atom stereocenters. The molecular formula is C14H20N2O. The first kappa shape index (κ1) is 12.1. The molecule has 1 heterocycles. The van der Waals surface area contributed by atoms with Crippen molar-refractivity contribution in [3.63, 3.8) is 0 Å². The molecule has 2 rings (SSSR count). The lowest BCUT2D eigenvalue weighted by Gasteiger charge is -2.19. The number of hydrogen-bond donors (Lipinski definition) is 2. The Balaban J connectivity index is 2.13. The van der Waals surface area contributed by atoms with E-state index in [0.29, 0.717) is 12.3 Å². The molecule has 0 saturated heterocycles. The quantitative estimate of drug-likeness (QED) is 0.835. The molecule has 0 bridgehead atoms. The lowest BCUT2D eigenvalue weighted by Crippen LogP contribution is -2.20. The Bertz CT molecular complexity index is 411. The fraction of sp³-hybridized carbons (Fsp3) is 0.500. The lowest BCUT2D eigenvalue weighted by atomic mass is 9.93. The van der Waals surface area contributed by atoms with Gasteiger partial charge in [-0.2, -0.15) is 0 Å². The van der Waals surface area contributed by atoms with Crippen molar-refractivity contribution in [2.24, 2.45) is 11.7 Å². The van der Waals surface area contributed by atoms with Crippen LogP contribution in [0, 0.1) is 5.92 Å². The van der Waals surface area contributed by atoms with E-state index in [1.165, 1.54) is 11.1 Å². The number of hydrogen-bond acceptors (Lipinski definition) is 2. The third-order valence-electron chi connectivity index (χ3n) is 3.50. The minimum Gasteiger partial charge on any atom is -0.330 e. The maximum Gasteiger partial charge on any atom is 0.224 e. The van der Waals surface area contributed by atoms with E-state index in [9.17, 15) is 4.79 Å². The summed E-state index contributed by atoms with van der Waals surface area (Å²) in [6.45, 7) is 2.92. The van der Waals surface area contributed by atoms with E-state index in [1.54, 1.807) is 0 Å². The number of nitrogens with two attached hydrogens (primary N) is 1. The third kappa shape index (κ3) is 2.86. The van der Waals surface area contributed by atoms with Crippen LogP contribution in [0.25, 0.3) is 0 Å². The van der Waals surface area contributed by atoms with Crippen LogP contribution >= 0.6 is 0 Å². The fourth-order valence-electron chi connectivity index (χ4n) is 2.29. The van der Waals surface area contributed by atoms with Crippen LogP contribution in [0.2, 0.25) is 0 Å². The fourth-order valence-corrected chi connectivity index (χ4v) is 2.29. The van der Waals surface area contributed by atoms with Crippen molar-refractivity contribution in [1.82, 2.24) is 0 Å². The van der Waals surface area contributed by atoms with Crippen molar-refractivity contribution in [3.8, 4) is 0 Å². The van der Waals surface area contributed by atoms with Gasteiger partial charge in [0.05, 0.1) is 0 Å². The van der Waals surface area contributed by atoms with Gasteiger partial charge in [0.2, 0.25) is 5.91 Å². The molecule has 0 saturated carbocycles. The first-order valence-electron chi connectivity index (χ1n) is 6.34. The Morgan fingerprint density at radius 2 is 2.24 bits per heavy atom. The van der Waals surface area contributed by atoms with Gasteiger partial charge >= 0.3 is 0 Å². The van der Waals surface area contributed by atoms with Gasteiger partial charge < -0.3 is 11.1 Å². The summed E-state index contributed by atoms with van der Waals surface area (Å²) in [4.78, 5) is 11.3. The van der Waals surface area contributed by atoms with Gasteiger partial charge in [-0.1, -0.05) is 25.5 Å². The summed E-state index contributed by atoms with van der Waals surface area (Å²) in [7, 11) is 0. The van der Waals surface area contributed by atoms with Crippen LogP contribution < -0.4 is 11.1 Å². The number of fused-ring (bicyclic) bond motifs is 1. The minimum atomic E-state index is 0.124. The van der Waals surface area contributed by atoms with Crippen LogP contribution in [-0.4, -0.2) is 12.5 Å². The number of benzene rings is 1. The van der Waals surface area contributed by atoms with Gasteiger partial charge in [-0.25, -0.2) is 0 Å². The summed E-state index contributed by atoms with van der Waals surface area (Å²) in [6.07, 6.45) is 3.61. The van der Waals surface area contributed by atoms with Gasteiger partial charge in [0, 0.05) is 12.1 Å². The summed E-state index contributed by atoms with van der Waals surface area (Å²) < 4.78 is 0. The third-order valence-corrected chi connectivity index (χ3v) is 3.50. The normalized spacial score (nSPS) is 16.2. The second-order valence-corrected chi connectivity index (χ2v) is 4.75. The maximum atomic E-state index is 11.3. The number of anilines is 1. The van der Waals surface area contributed by atoms with E-state index >= 15 is 0 Å². The van der Waals surface area contributed by atoms with Crippen molar-refractivity contribution in [2.75, 3.05) is 11.9 Å². The van der Waals surface area contributed by atoms with Crippen molar-refractivity contribution in [3.05, 3.63) is 29.3 Å². The van der Waals surface area contributed by atoms with E-state index < -0.39 is 0 Å².